The molecule has 1 aliphatic rings. The Hall–Kier alpha value is -1.95. The van der Waals surface area contributed by atoms with Crippen LogP contribution >= 0.6 is 11.3 Å². The molecule has 0 unspecified atom stereocenters. The van der Waals surface area contributed by atoms with Crippen molar-refractivity contribution in [2.45, 2.75) is 52.5 Å². The Labute approximate surface area is 145 Å². The van der Waals surface area contributed by atoms with Gasteiger partial charge in [-0.1, -0.05) is 13.8 Å². The molecule has 0 fully saturated rings. The highest BCUT2D eigenvalue weighted by atomic mass is 32.1. The first-order chi connectivity index (χ1) is 11.4. The Morgan fingerprint density at radius 2 is 2.17 bits per heavy atom. The van der Waals surface area contributed by atoms with Crippen molar-refractivity contribution in [1.82, 2.24) is 9.88 Å². The molecule has 0 aromatic carbocycles. The van der Waals surface area contributed by atoms with Crippen LogP contribution in [0, 0.1) is 6.92 Å². The molecule has 2 aromatic rings. The highest BCUT2D eigenvalue weighted by Crippen LogP contribution is 2.30. The van der Waals surface area contributed by atoms with Gasteiger partial charge in [-0.05, 0) is 13.3 Å². The number of rotatable bonds is 4. The molecule has 0 atom stereocenters. The molecule has 5 nitrogen and oxygen atoms in total. The summed E-state index contributed by atoms with van der Waals surface area (Å²) in [6, 6.07) is 0. The van der Waals surface area contributed by atoms with Crippen LogP contribution in [0.2, 0.25) is 0 Å². The van der Waals surface area contributed by atoms with Crippen LogP contribution < -0.4 is 0 Å². The van der Waals surface area contributed by atoms with Crippen LogP contribution in [0.5, 0.6) is 0 Å². The summed E-state index contributed by atoms with van der Waals surface area (Å²) in [7, 11) is 1.74. The highest BCUT2D eigenvalue weighted by molar-refractivity contribution is 7.09. The monoisotopic (exact) mass is 346 g/mol. The molecule has 0 saturated heterocycles. The molecule has 128 valence electrons. The lowest BCUT2D eigenvalue weighted by Crippen LogP contribution is -2.28. The fourth-order valence-corrected chi connectivity index (χ4v) is 3.86. The van der Waals surface area contributed by atoms with Crippen molar-refractivity contribution in [2.24, 2.45) is 0 Å². The van der Waals surface area contributed by atoms with Gasteiger partial charge in [-0.3, -0.25) is 9.59 Å². The minimum Gasteiger partial charge on any atom is -0.465 e. The van der Waals surface area contributed by atoms with Crippen LogP contribution in [0.25, 0.3) is 0 Å². The second kappa shape index (κ2) is 6.51. The number of thiazole rings is 1. The van der Waals surface area contributed by atoms with Crippen LogP contribution in [0.1, 0.15) is 75.5 Å². The topological polar surface area (TPSA) is 63.4 Å². The first kappa shape index (κ1) is 16.9. The zero-order valence-corrected chi connectivity index (χ0v) is 15.3. The summed E-state index contributed by atoms with van der Waals surface area (Å²) in [5.41, 5.74) is 1.80. The predicted octanol–water partition coefficient (Wildman–Crippen LogP) is 3.96. The molecule has 0 aliphatic heterocycles. The number of aryl methyl sites for hydroxylation is 2. The van der Waals surface area contributed by atoms with Gasteiger partial charge in [0, 0.05) is 31.2 Å². The lowest BCUT2D eigenvalue weighted by atomic mass is 9.93. The van der Waals surface area contributed by atoms with Crippen LogP contribution in [-0.2, 0) is 13.0 Å². The maximum atomic E-state index is 12.9. The van der Waals surface area contributed by atoms with E-state index in [1.54, 1.807) is 30.2 Å². The van der Waals surface area contributed by atoms with E-state index in [1.807, 2.05) is 5.38 Å². The van der Waals surface area contributed by atoms with Gasteiger partial charge in [0.1, 0.15) is 11.5 Å². The number of hydrogen-bond donors (Lipinski definition) is 0. The summed E-state index contributed by atoms with van der Waals surface area (Å²) >= 11 is 1.61. The minimum atomic E-state index is -0.174. The van der Waals surface area contributed by atoms with Crippen molar-refractivity contribution in [3.63, 3.8) is 0 Å². The van der Waals surface area contributed by atoms with Gasteiger partial charge in [-0.15, -0.1) is 11.3 Å². The molecular weight excluding hydrogens is 324 g/mol. The molecule has 6 heteroatoms. The minimum absolute atomic E-state index is 0.0144. The van der Waals surface area contributed by atoms with Gasteiger partial charge >= 0.3 is 0 Å². The van der Waals surface area contributed by atoms with Gasteiger partial charge in [0.15, 0.2) is 5.78 Å². The van der Waals surface area contributed by atoms with Crippen LogP contribution in [0.4, 0.5) is 0 Å². The fourth-order valence-electron chi connectivity index (χ4n) is 3.03. The van der Waals surface area contributed by atoms with Gasteiger partial charge in [0.05, 0.1) is 28.4 Å². The summed E-state index contributed by atoms with van der Waals surface area (Å²) in [4.78, 5) is 31.3. The van der Waals surface area contributed by atoms with E-state index in [9.17, 15) is 9.59 Å². The number of ketones is 1. The number of carbonyl (C=O) groups is 2. The van der Waals surface area contributed by atoms with Gasteiger partial charge in [0.25, 0.3) is 5.91 Å². The molecule has 1 aliphatic carbocycles. The third-order valence-corrected chi connectivity index (χ3v) is 5.46. The van der Waals surface area contributed by atoms with E-state index in [2.05, 4.69) is 18.8 Å². The van der Waals surface area contributed by atoms with Gasteiger partial charge in [-0.25, -0.2) is 4.98 Å². The van der Waals surface area contributed by atoms with Crippen molar-refractivity contribution >= 4 is 23.0 Å². The average Bonchev–Trinajstić information content (AvgIpc) is 3.11. The van der Waals surface area contributed by atoms with Crippen LogP contribution in [0.3, 0.4) is 0 Å². The molecule has 0 bridgehead atoms. The SMILES string of the molecule is Cc1oc2c(c1C(=O)N(C)Cc1csc(C(C)C)n1)C(=O)CCC2. The third kappa shape index (κ3) is 3.02. The quantitative estimate of drug-likeness (QED) is 0.840. The summed E-state index contributed by atoms with van der Waals surface area (Å²) in [6.45, 7) is 6.39. The Balaban J connectivity index is 1.83. The van der Waals surface area contributed by atoms with Gasteiger partial charge < -0.3 is 9.32 Å². The molecule has 0 radical (unpaired) electrons. The van der Waals surface area contributed by atoms with E-state index in [0.29, 0.717) is 41.5 Å². The number of nitrogens with zero attached hydrogens (tertiary/aromatic N) is 2. The molecule has 0 N–H and O–H groups in total. The number of aromatic nitrogens is 1. The molecule has 3 rings (SSSR count). The maximum Gasteiger partial charge on any atom is 0.258 e. The molecule has 0 saturated carbocycles. The predicted molar refractivity (Wildman–Crippen MR) is 92.7 cm³/mol. The van der Waals surface area contributed by atoms with Crippen LogP contribution in [-0.4, -0.2) is 28.6 Å². The number of fused-ring (bicyclic) bond motifs is 1. The molecule has 0 spiro atoms. The van der Waals surface area contributed by atoms with Gasteiger partial charge in [-0.2, -0.15) is 0 Å². The van der Waals surface area contributed by atoms with Crippen molar-refractivity contribution in [3.8, 4) is 0 Å². The van der Waals surface area contributed by atoms with Crippen molar-refractivity contribution in [2.75, 3.05) is 7.05 Å². The van der Waals surface area contributed by atoms with Crippen LogP contribution in [0.15, 0.2) is 9.80 Å². The van der Waals surface area contributed by atoms with Crippen molar-refractivity contribution < 1.29 is 14.0 Å². The van der Waals surface area contributed by atoms with Crippen molar-refractivity contribution in [3.05, 3.63) is 38.7 Å². The molecular formula is C18H22N2O3S. The second-order valence-electron chi connectivity index (χ2n) is 6.60. The van der Waals surface area contributed by atoms with E-state index in [4.69, 9.17) is 4.42 Å². The normalized spacial score (nSPS) is 14.1. The number of amides is 1. The van der Waals surface area contributed by atoms with E-state index in [1.165, 1.54) is 0 Å². The number of hydrogen-bond acceptors (Lipinski definition) is 5. The van der Waals surface area contributed by atoms with E-state index in [0.717, 1.165) is 23.5 Å². The fraction of sp³-hybridized carbons (Fsp3) is 0.500. The Bertz CT molecular complexity index is 788. The Morgan fingerprint density at radius 3 is 2.83 bits per heavy atom. The van der Waals surface area contributed by atoms with E-state index < -0.39 is 0 Å². The average molecular weight is 346 g/mol. The number of carbonyl (C=O) groups excluding carboxylic acids is 2. The summed E-state index contributed by atoms with van der Waals surface area (Å²) in [5, 5.41) is 3.06. The lowest BCUT2D eigenvalue weighted by molar-refractivity contribution is 0.0776. The zero-order valence-electron chi connectivity index (χ0n) is 14.5. The number of Topliss-reactive ketones (excluding diaryl/α,β-unsaturated/α-hetero) is 1. The lowest BCUT2D eigenvalue weighted by Gasteiger charge is -2.17. The Morgan fingerprint density at radius 1 is 1.42 bits per heavy atom. The standard InChI is InChI=1S/C18H22N2O3S/c1-10(2)17-19-12(9-24-17)8-20(4)18(22)15-11(3)23-14-7-5-6-13(21)16(14)15/h9-10H,5-8H2,1-4H3. The van der Waals surface area contributed by atoms with E-state index in [-0.39, 0.29) is 11.7 Å². The summed E-state index contributed by atoms with van der Waals surface area (Å²) in [5.74, 6) is 1.42. The highest BCUT2D eigenvalue weighted by Gasteiger charge is 2.31. The van der Waals surface area contributed by atoms with Gasteiger partial charge in [0.2, 0.25) is 0 Å². The molecule has 2 aromatic heterocycles. The largest absolute Gasteiger partial charge is 0.465 e. The number of furan rings is 1. The third-order valence-electron chi connectivity index (χ3n) is 4.27. The zero-order chi connectivity index (χ0) is 17.4. The van der Waals surface area contributed by atoms with E-state index >= 15 is 0 Å². The second-order valence-corrected chi connectivity index (χ2v) is 7.49. The maximum absolute atomic E-state index is 12.9. The Kier molecular flexibility index (Phi) is 4.58. The first-order valence-corrected chi connectivity index (χ1v) is 9.11. The van der Waals surface area contributed by atoms with Crippen molar-refractivity contribution in [1.29, 1.82) is 0 Å². The summed E-state index contributed by atoms with van der Waals surface area (Å²) < 4.78 is 5.68. The molecule has 24 heavy (non-hydrogen) atoms. The molecule has 2 heterocycles. The summed E-state index contributed by atoms with van der Waals surface area (Å²) in [6.07, 6.45) is 2.00. The smallest absolute Gasteiger partial charge is 0.258 e. The molecule has 1 amide bonds. The first-order valence-electron chi connectivity index (χ1n) is 8.23.